The number of amides is 1. The van der Waals surface area contributed by atoms with Gasteiger partial charge in [0.15, 0.2) is 5.16 Å². The molecule has 1 fully saturated rings. The number of thioether (sulfide) groups is 1. The first-order valence-electron chi connectivity index (χ1n) is 10.2. The number of carbonyl (C=O) groups excluding carboxylic acids is 1. The molecule has 3 N–H and O–H groups in total. The van der Waals surface area contributed by atoms with Gasteiger partial charge in [-0.05, 0) is 50.5 Å². The highest BCUT2D eigenvalue weighted by Gasteiger charge is 2.25. The molecule has 0 radical (unpaired) electrons. The zero-order valence-corrected chi connectivity index (χ0v) is 20.2. The number of anilines is 1. The Bertz CT molecular complexity index is 1360. The third kappa shape index (κ3) is 4.61. The number of sulfonamides is 1. The van der Waals surface area contributed by atoms with E-state index in [-0.39, 0.29) is 28.2 Å². The minimum Gasteiger partial charge on any atom is -0.325 e. The van der Waals surface area contributed by atoms with Gasteiger partial charge < -0.3 is 5.32 Å². The maximum Gasteiger partial charge on any atom is 0.263 e. The lowest BCUT2D eigenvalue weighted by Crippen LogP contribution is -2.27. The average Bonchev–Trinajstić information content (AvgIpc) is 3.34. The Morgan fingerprint density at radius 2 is 2.03 bits per heavy atom. The van der Waals surface area contributed by atoms with Crippen molar-refractivity contribution in [1.29, 1.82) is 0 Å². The van der Waals surface area contributed by atoms with Crippen LogP contribution in [0, 0.1) is 13.8 Å². The van der Waals surface area contributed by atoms with Gasteiger partial charge in [0.25, 0.3) is 5.56 Å². The predicted molar refractivity (Wildman–Crippen MR) is 128 cm³/mol. The molecule has 1 aliphatic rings. The van der Waals surface area contributed by atoms with Crippen molar-refractivity contribution >= 4 is 54.9 Å². The van der Waals surface area contributed by atoms with Crippen LogP contribution >= 0.6 is 23.1 Å². The van der Waals surface area contributed by atoms with Crippen molar-refractivity contribution in [2.45, 2.75) is 55.6 Å². The smallest absolute Gasteiger partial charge is 0.263 e. The molecule has 2 heterocycles. The van der Waals surface area contributed by atoms with Crippen molar-refractivity contribution in [2.75, 3.05) is 11.1 Å². The summed E-state index contributed by atoms with van der Waals surface area (Å²) in [5.41, 5.74) is 1.27. The second-order valence-corrected chi connectivity index (χ2v) is 11.6. The van der Waals surface area contributed by atoms with Crippen LogP contribution in [0.3, 0.4) is 0 Å². The van der Waals surface area contributed by atoms with Crippen molar-refractivity contribution < 1.29 is 13.2 Å². The number of nitrogens with one attached hydrogen (secondary N) is 1. The molecule has 8 nitrogen and oxygen atoms in total. The number of aryl methyl sites for hydroxylation is 2. The third-order valence-electron chi connectivity index (χ3n) is 5.67. The maximum atomic E-state index is 13.4. The molecule has 1 aliphatic carbocycles. The summed E-state index contributed by atoms with van der Waals surface area (Å²) in [5, 5.41) is 9.06. The van der Waals surface area contributed by atoms with Crippen LogP contribution in [0.25, 0.3) is 10.2 Å². The van der Waals surface area contributed by atoms with E-state index in [1.807, 2.05) is 13.8 Å². The fourth-order valence-electron chi connectivity index (χ4n) is 3.95. The lowest BCUT2D eigenvalue weighted by atomic mass is 10.2. The number of benzene rings is 1. The van der Waals surface area contributed by atoms with Crippen LogP contribution in [-0.2, 0) is 14.8 Å². The Morgan fingerprint density at radius 3 is 2.72 bits per heavy atom. The van der Waals surface area contributed by atoms with E-state index in [0.29, 0.717) is 21.1 Å². The van der Waals surface area contributed by atoms with Gasteiger partial charge in [-0.25, -0.2) is 18.5 Å². The molecule has 0 spiro atoms. The highest BCUT2D eigenvalue weighted by Crippen LogP contribution is 2.34. The van der Waals surface area contributed by atoms with Gasteiger partial charge in [0, 0.05) is 16.6 Å². The second kappa shape index (κ2) is 8.97. The summed E-state index contributed by atoms with van der Waals surface area (Å²) in [4.78, 5) is 32.4. The lowest BCUT2D eigenvalue weighted by molar-refractivity contribution is -0.113. The molecule has 3 aromatic rings. The Kier molecular flexibility index (Phi) is 6.44. The Morgan fingerprint density at radius 1 is 1.31 bits per heavy atom. The summed E-state index contributed by atoms with van der Waals surface area (Å²) < 4.78 is 24.8. The summed E-state index contributed by atoms with van der Waals surface area (Å²) in [6.07, 6.45) is 3.99. The second-order valence-electron chi connectivity index (χ2n) is 7.88. The van der Waals surface area contributed by atoms with E-state index in [1.54, 1.807) is 10.6 Å². The molecule has 11 heteroatoms. The van der Waals surface area contributed by atoms with E-state index >= 15 is 0 Å². The zero-order chi connectivity index (χ0) is 23.0. The summed E-state index contributed by atoms with van der Waals surface area (Å²) in [6, 6.07) is 5.87. The number of nitrogens with two attached hydrogens (primary N) is 1. The molecule has 32 heavy (non-hydrogen) atoms. The van der Waals surface area contributed by atoms with Crippen molar-refractivity contribution in [3.05, 3.63) is 45.1 Å². The number of primary sulfonamides is 1. The number of thiophene rings is 1. The molecule has 1 aromatic carbocycles. The summed E-state index contributed by atoms with van der Waals surface area (Å²) >= 11 is 2.71. The van der Waals surface area contributed by atoms with Crippen molar-refractivity contribution in [3.8, 4) is 0 Å². The lowest BCUT2D eigenvalue weighted by Gasteiger charge is -2.18. The number of rotatable bonds is 6. The number of carbonyl (C=O) groups is 1. The largest absolute Gasteiger partial charge is 0.325 e. The van der Waals surface area contributed by atoms with Gasteiger partial charge in [-0.1, -0.05) is 30.7 Å². The summed E-state index contributed by atoms with van der Waals surface area (Å²) in [7, 11) is -3.86. The van der Waals surface area contributed by atoms with E-state index in [1.165, 1.54) is 41.3 Å². The fourth-order valence-corrected chi connectivity index (χ4v) is 6.45. The van der Waals surface area contributed by atoms with Gasteiger partial charge >= 0.3 is 0 Å². The Labute approximate surface area is 194 Å². The molecule has 0 atom stereocenters. The molecular formula is C21H24N4O4S3. The van der Waals surface area contributed by atoms with Crippen LogP contribution in [-0.4, -0.2) is 29.6 Å². The molecular weight excluding hydrogens is 468 g/mol. The first kappa shape index (κ1) is 23.0. The van der Waals surface area contributed by atoms with Gasteiger partial charge in [0.05, 0.1) is 16.0 Å². The first-order chi connectivity index (χ1) is 15.1. The van der Waals surface area contributed by atoms with E-state index in [0.717, 1.165) is 36.1 Å². The van der Waals surface area contributed by atoms with Crippen LogP contribution in [0.5, 0.6) is 0 Å². The molecule has 0 bridgehead atoms. The van der Waals surface area contributed by atoms with Crippen LogP contribution in [0.4, 0.5) is 5.69 Å². The molecule has 0 saturated heterocycles. The first-order valence-corrected chi connectivity index (χ1v) is 13.6. The number of aromatic nitrogens is 2. The van der Waals surface area contributed by atoms with E-state index in [4.69, 9.17) is 10.1 Å². The van der Waals surface area contributed by atoms with Crippen molar-refractivity contribution in [3.63, 3.8) is 0 Å². The topological polar surface area (TPSA) is 124 Å². The Balaban J connectivity index is 1.59. The van der Waals surface area contributed by atoms with Gasteiger partial charge in [0.1, 0.15) is 4.83 Å². The van der Waals surface area contributed by atoms with Crippen molar-refractivity contribution in [2.24, 2.45) is 5.14 Å². The highest BCUT2D eigenvalue weighted by atomic mass is 32.2. The van der Waals surface area contributed by atoms with E-state index < -0.39 is 10.0 Å². The van der Waals surface area contributed by atoms with Gasteiger partial charge in [-0.15, -0.1) is 11.3 Å². The number of fused-ring (bicyclic) bond motifs is 1. The highest BCUT2D eigenvalue weighted by molar-refractivity contribution is 7.99. The normalized spacial score (nSPS) is 14.8. The van der Waals surface area contributed by atoms with Crippen LogP contribution in [0.1, 0.15) is 42.2 Å². The van der Waals surface area contributed by atoms with Crippen molar-refractivity contribution in [1.82, 2.24) is 9.55 Å². The third-order valence-corrected chi connectivity index (χ3v) is 8.64. The van der Waals surface area contributed by atoms with Crippen LogP contribution in [0.2, 0.25) is 0 Å². The minimum absolute atomic E-state index is 0.0347. The number of hydrogen-bond donors (Lipinski definition) is 2. The van der Waals surface area contributed by atoms with Gasteiger partial charge in [-0.2, -0.15) is 0 Å². The molecule has 1 saturated carbocycles. The number of hydrogen-bond acceptors (Lipinski definition) is 7. The van der Waals surface area contributed by atoms with Crippen LogP contribution in [0.15, 0.2) is 39.1 Å². The zero-order valence-electron chi connectivity index (χ0n) is 17.8. The standard InChI is InChI=1S/C21H24N4O4S3/c1-12-13(2)31-19-18(12)20(27)25(15-7-3-4-8-15)21(24-19)30-11-17(26)23-14-6-5-9-16(10-14)32(22,28)29/h5-6,9-10,15H,3-4,7-8,11H2,1-2H3,(H,23,26)(H2,22,28,29). The SMILES string of the molecule is Cc1sc2nc(SCC(=O)Nc3cccc(S(N)(=O)=O)c3)n(C3CCCC3)c(=O)c2c1C. The molecule has 1 amide bonds. The van der Waals surface area contributed by atoms with Crippen LogP contribution < -0.4 is 16.0 Å². The average molecular weight is 493 g/mol. The molecule has 2 aromatic heterocycles. The monoisotopic (exact) mass is 492 g/mol. The molecule has 0 unspecified atom stereocenters. The predicted octanol–water partition coefficient (Wildman–Crippen LogP) is 3.57. The molecule has 4 rings (SSSR count). The number of nitrogens with zero attached hydrogens (tertiary/aromatic N) is 2. The Hall–Kier alpha value is -2.21. The van der Waals surface area contributed by atoms with Gasteiger partial charge in [-0.3, -0.25) is 14.2 Å². The fraction of sp³-hybridized carbons (Fsp3) is 0.381. The summed E-state index contributed by atoms with van der Waals surface area (Å²) in [5.74, 6) is -0.291. The van der Waals surface area contributed by atoms with E-state index in [9.17, 15) is 18.0 Å². The molecule has 0 aliphatic heterocycles. The van der Waals surface area contributed by atoms with Gasteiger partial charge in [0.2, 0.25) is 15.9 Å². The van der Waals surface area contributed by atoms with E-state index in [2.05, 4.69) is 5.32 Å². The minimum atomic E-state index is -3.86. The quantitative estimate of drug-likeness (QED) is 0.400. The summed E-state index contributed by atoms with van der Waals surface area (Å²) in [6.45, 7) is 3.93. The maximum absolute atomic E-state index is 13.4. The molecule has 170 valence electrons.